The molecular formula is C14H22FNOS. The minimum Gasteiger partial charge on any atom is -0.314 e. The Bertz CT molecular complexity index is 380. The van der Waals surface area contributed by atoms with Gasteiger partial charge in [0.05, 0.1) is 0 Å². The van der Waals surface area contributed by atoms with Crippen molar-refractivity contribution in [3.05, 3.63) is 35.6 Å². The lowest BCUT2D eigenvalue weighted by atomic mass is 10.1. The molecule has 4 heteroatoms. The average molecular weight is 271 g/mol. The highest BCUT2D eigenvalue weighted by Crippen LogP contribution is 2.06. The first-order valence-electron chi connectivity index (χ1n) is 6.29. The fourth-order valence-corrected chi connectivity index (χ4v) is 2.19. The van der Waals surface area contributed by atoms with Gasteiger partial charge >= 0.3 is 0 Å². The van der Waals surface area contributed by atoms with Crippen molar-refractivity contribution < 1.29 is 8.60 Å². The molecule has 0 saturated heterocycles. The Hall–Kier alpha value is -0.740. The highest BCUT2D eigenvalue weighted by atomic mass is 32.2. The second kappa shape index (κ2) is 7.64. The zero-order chi connectivity index (χ0) is 13.5. The summed E-state index contributed by atoms with van der Waals surface area (Å²) < 4.78 is 23.9. The molecule has 0 fully saturated rings. The standard InChI is InChI=1S/C14H22FNOS/c1-11(16-9-8-12(2)18(3)17)10-13-4-6-14(15)7-5-13/h4-7,11-12,16H,8-10H2,1-3H3. The summed E-state index contributed by atoms with van der Waals surface area (Å²) in [5.74, 6) is -0.196. The van der Waals surface area contributed by atoms with E-state index in [1.54, 1.807) is 6.26 Å². The van der Waals surface area contributed by atoms with Gasteiger partial charge in [-0.25, -0.2) is 4.39 Å². The van der Waals surface area contributed by atoms with Crippen molar-refractivity contribution in [2.24, 2.45) is 0 Å². The molecule has 0 radical (unpaired) electrons. The van der Waals surface area contributed by atoms with Crippen molar-refractivity contribution in [3.63, 3.8) is 0 Å². The minimum atomic E-state index is -0.747. The van der Waals surface area contributed by atoms with Crippen LogP contribution < -0.4 is 5.32 Å². The van der Waals surface area contributed by atoms with Crippen LogP contribution in [0.1, 0.15) is 25.8 Å². The molecule has 1 rings (SSSR count). The number of rotatable bonds is 7. The molecule has 3 unspecified atom stereocenters. The topological polar surface area (TPSA) is 29.1 Å². The van der Waals surface area contributed by atoms with Crippen molar-refractivity contribution in [2.75, 3.05) is 12.8 Å². The van der Waals surface area contributed by atoms with Crippen LogP contribution in [0, 0.1) is 5.82 Å². The Morgan fingerprint density at radius 3 is 2.44 bits per heavy atom. The quantitative estimate of drug-likeness (QED) is 0.825. The summed E-state index contributed by atoms with van der Waals surface area (Å²) in [7, 11) is -0.747. The summed E-state index contributed by atoms with van der Waals surface area (Å²) in [4.78, 5) is 0. The second-order valence-corrected chi connectivity index (χ2v) is 6.59. The Morgan fingerprint density at radius 2 is 1.89 bits per heavy atom. The maximum absolute atomic E-state index is 12.7. The second-order valence-electron chi connectivity index (χ2n) is 4.78. The van der Waals surface area contributed by atoms with Crippen molar-refractivity contribution in [1.82, 2.24) is 5.32 Å². The Kier molecular flexibility index (Phi) is 6.50. The van der Waals surface area contributed by atoms with E-state index in [0.29, 0.717) is 6.04 Å². The largest absolute Gasteiger partial charge is 0.314 e. The van der Waals surface area contributed by atoms with Crippen LogP contribution in [0.3, 0.4) is 0 Å². The fraction of sp³-hybridized carbons (Fsp3) is 0.571. The zero-order valence-electron chi connectivity index (χ0n) is 11.3. The van der Waals surface area contributed by atoms with Gasteiger partial charge in [-0.15, -0.1) is 0 Å². The van der Waals surface area contributed by atoms with Gasteiger partial charge in [-0.1, -0.05) is 19.1 Å². The van der Waals surface area contributed by atoms with E-state index in [1.807, 2.05) is 19.1 Å². The van der Waals surface area contributed by atoms with Gasteiger partial charge in [0, 0.05) is 28.3 Å². The molecule has 0 aliphatic carbocycles. The molecule has 0 heterocycles. The molecule has 0 amide bonds. The molecule has 1 N–H and O–H groups in total. The highest BCUT2D eigenvalue weighted by molar-refractivity contribution is 7.84. The Morgan fingerprint density at radius 1 is 1.28 bits per heavy atom. The van der Waals surface area contributed by atoms with Crippen molar-refractivity contribution >= 4 is 10.8 Å². The summed E-state index contributed by atoms with van der Waals surface area (Å²) in [6.45, 7) is 4.97. The van der Waals surface area contributed by atoms with Crippen molar-refractivity contribution in [2.45, 2.75) is 38.0 Å². The summed E-state index contributed by atoms with van der Waals surface area (Å²) in [6, 6.07) is 6.95. The molecule has 3 atom stereocenters. The van der Waals surface area contributed by atoms with Crippen LogP contribution >= 0.6 is 0 Å². The molecule has 2 nitrogen and oxygen atoms in total. The third-order valence-corrected chi connectivity index (χ3v) is 4.43. The highest BCUT2D eigenvalue weighted by Gasteiger charge is 2.07. The van der Waals surface area contributed by atoms with E-state index in [9.17, 15) is 8.60 Å². The smallest absolute Gasteiger partial charge is 0.123 e. The number of hydrogen-bond donors (Lipinski definition) is 1. The lowest BCUT2D eigenvalue weighted by molar-refractivity contribution is 0.530. The monoisotopic (exact) mass is 271 g/mol. The van der Waals surface area contributed by atoms with Crippen LogP contribution in [0.2, 0.25) is 0 Å². The number of benzene rings is 1. The molecule has 0 aliphatic rings. The van der Waals surface area contributed by atoms with Crippen LogP contribution in [0.15, 0.2) is 24.3 Å². The molecule has 0 saturated carbocycles. The molecule has 1 aromatic carbocycles. The van der Waals surface area contributed by atoms with E-state index in [1.165, 1.54) is 12.1 Å². The molecule has 1 aromatic rings. The fourth-order valence-electron chi connectivity index (χ4n) is 1.75. The number of hydrogen-bond acceptors (Lipinski definition) is 2. The minimum absolute atomic E-state index is 0.196. The van der Waals surface area contributed by atoms with Gasteiger partial charge in [0.1, 0.15) is 5.82 Å². The molecule has 102 valence electrons. The predicted octanol–water partition coefficient (Wildman–Crippen LogP) is 2.50. The van der Waals surface area contributed by atoms with Crippen LogP contribution in [0.25, 0.3) is 0 Å². The normalized spacial score (nSPS) is 16.2. The number of halogens is 1. The molecule has 0 bridgehead atoms. The lowest BCUT2D eigenvalue weighted by Crippen LogP contribution is -2.31. The molecule has 18 heavy (non-hydrogen) atoms. The van der Waals surface area contributed by atoms with Crippen LogP contribution in [-0.2, 0) is 17.2 Å². The Labute approximate surface area is 111 Å². The zero-order valence-corrected chi connectivity index (χ0v) is 12.1. The van der Waals surface area contributed by atoms with E-state index in [-0.39, 0.29) is 11.1 Å². The predicted molar refractivity (Wildman–Crippen MR) is 75.7 cm³/mol. The third kappa shape index (κ3) is 5.74. The van der Waals surface area contributed by atoms with Crippen LogP contribution in [0.4, 0.5) is 4.39 Å². The Balaban J connectivity index is 2.27. The van der Waals surface area contributed by atoms with Crippen LogP contribution in [0.5, 0.6) is 0 Å². The first kappa shape index (κ1) is 15.3. The van der Waals surface area contributed by atoms with Gasteiger partial charge in [0.15, 0.2) is 0 Å². The van der Waals surface area contributed by atoms with Crippen molar-refractivity contribution in [3.8, 4) is 0 Å². The summed E-state index contributed by atoms with van der Waals surface area (Å²) in [5, 5.41) is 3.64. The first-order chi connectivity index (χ1) is 8.49. The van der Waals surface area contributed by atoms with Gasteiger partial charge in [-0.05, 0) is 44.0 Å². The molecule has 0 spiro atoms. The van der Waals surface area contributed by atoms with E-state index in [4.69, 9.17) is 0 Å². The summed E-state index contributed by atoms with van der Waals surface area (Å²) in [5.41, 5.74) is 1.13. The SMILES string of the molecule is CC(Cc1ccc(F)cc1)NCCC(C)S(C)=O. The van der Waals surface area contributed by atoms with E-state index in [0.717, 1.165) is 24.9 Å². The van der Waals surface area contributed by atoms with Gasteiger partial charge < -0.3 is 5.32 Å². The maximum Gasteiger partial charge on any atom is 0.123 e. The maximum atomic E-state index is 12.7. The van der Waals surface area contributed by atoms with Crippen molar-refractivity contribution in [1.29, 1.82) is 0 Å². The van der Waals surface area contributed by atoms with Gasteiger partial charge in [0.2, 0.25) is 0 Å². The summed E-state index contributed by atoms with van der Waals surface area (Å²) >= 11 is 0. The van der Waals surface area contributed by atoms with Gasteiger partial charge in [-0.3, -0.25) is 4.21 Å². The van der Waals surface area contributed by atoms with E-state index < -0.39 is 10.8 Å². The van der Waals surface area contributed by atoms with Crippen LogP contribution in [-0.4, -0.2) is 28.3 Å². The van der Waals surface area contributed by atoms with Gasteiger partial charge in [0.25, 0.3) is 0 Å². The number of nitrogens with one attached hydrogen (secondary N) is 1. The molecule has 0 aromatic heterocycles. The van der Waals surface area contributed by atoms with E-state index >= 15 is 0 Å². The lowest BCUT2D eigenvalue weighted by Gasteiger charge is -2.15. The molecular weight excluding hydrogens is 249 g/mol. The molecule has 0 aliphatic heterocycles. The first-order valence-corrected chi connectivity index (χ1v) is 7.91. The average Bonchev–Trinajstić information content (AvgIpc) is 2.32. The van der Waals surface area contributed by atoms with E-state index in [2.05, 4.69) is 12.2 Å². The third-order valence-electron chi connectivity index (χ3n) is 3.07. The van der Waals surface area contributed by atoms with Gasteiger partial charge in [-0.2, -0.15) is 0 Å². The summed E-state index contributed by atoms with van der Waals surface area (Å²) in [6.07, 6.45) is 3.54.